The van der Waals surface area contributed by atoms with Crippen molar-refractivity contribution < 1.29 is 23.9 Å². The molecule has 7 heteroatoms. The number of hydrogen-bond acceptors (Lipinski definition) is 5. The van der Waals surface area contributed by atoms with E-state index in [2.05, 4.69) is 0 Å². The van der Waals surface area contributed by atoms with Crippen molar-refractivity contribution in [3.05, 3.63) is 35.9 Å². The Kier molecular flexibility index (Phi) is 5.91. The van der Waals surface area contributed by atoms with E-state index in [0.717, 1.165) is 12.0 Å². The van der Waals surface area contributed by atoms with Crippen molar-refractivity contribution in [2.75, 3.05) is 13.1 Å². The Morgan fingerprint density at radius 1 is 1.04 bits per heavy atom. The monoisotopic (exact) mass is 388 g/mol. The predicted octanol–water partition coefficient (Wildman–Crippen LogP) is 2.73. The molecule has 0 aliphatic carbocycles. The van der Waals surface area contributed by atoms with Crippen molar-refractivity contribution in [1.29, 1.82) is 0 Å². The minimum Gasteiger partial charge on any atom is -0.461 e. The number of piperazine rings is 1. The zero-order valence-electron chi connectivity index (χ0n) is 16.7. The van der Waals surface area contributed by atoms with E-state index in [0.29, 0.717) is 13.1 Å². The maximum atomic E-state index is 12.4. The fourth-order valence-corrected chi connectivity index (χ4v) is 3.60. The van der Waals surface area contributed by atoms with Crippen LogP contribution in [0.1, 0.15) is 45.6 Å². The second kappa shape index (κ2) is 8.20. The molecule has 0 saturated carbocycles. The van der Waals surface area contributed by atoms with Crippen LogP contribution < -0.4 is 0 Å². The Labute approximate surface area is 165 Å². The molecule has 3 fully saturated rings. The minimum absolute atomic E-state index is 0.00239. The number of fused-ring (bicyclic) bond motifs is 2. The van der Waals surface area contributed by atoms with Crippen molar-refractivity contribution in [3.8, 4) is 0 Å². The Hall–Kier alpha value is -2.57. The van der Waals surface area contributed by atoms with E-state index in [1.54, 1.807) is 9.80 Å². The number of hydrogen-bond donors (Lipinski definition) is 0. The summed E-state index contributed by atoms with van der Waals surface area (Å²) >= 11 is 0. The first-order valence-corrected chi connectivity index (χ1v) is 9.71. The first kappa shape index (κ1) is 20.2. The summed E-state index contributed by atoms with van der Waals surface area (Å²) in [6.07, 6.45) is 0.764. The van der Waals surface area contributed by atoms with Crippen LogP contribution in [0.5, 0.6) is 0 Å². The molecule has 2 unspecified atom stereocenters. The van der Waals surface area contributed by atoms with E-state index in [9.17, 15) is 14.4 Å². The maximum absolute atomic E-state index is 12.4. The molecule has 4 rings (SSSR count). The average Bonchev–Trinajstić information content (AvgIpc) is 2.63. The van der Waals surface area contributed by atoms with Crippen LogP contribution in [0.25, 0.3) is 0 Å². The van der Waals surface area contributed by atoms with Crippen molar-refractivity contribution in [1.82, 2.24) is 9.80 Å². The number of carbonyl (C=O) groups excluding carboxylic acids is 3. The van der Waals surface area contributed by atoms with Crippen LogP contribution in [-0.4, -0.2) is 58.5 Å². The highest BCUT2D eigenvalue weighted by atomic mass is 16.6. The van der Waals surface area contributed by atoms with Gasteiger partial charge < -0.3 is 14.4 Å². The van der Waals surface area contributed by atoms with Crippen molar-refractivity contribution in [2.24, 2.45) is 0 Å². The van der Waals surface area contributed by atoms with Gasteiger partial charge in [0.25, 0.3) is 0 Å². The molecule has 2 bridgehead atoms. The normalized spacial score (nSPS) is 21.0. The van der Waals surface area contributed by atoms with Gasteiger partial charge in [-0.3, -0.25) is 14.5 Å². The topological polar surface area (TPSA) is 76.2 Å². The SMILES string of the molecule is CC(C)(C)OC(=O)N1C2CC1CN(C(=O)CCC(=O)OCc1ccccc1)C2. The van der Waals surface area contributed by atoms with Gasteiger partial charge in [0.05, 0.1) is 18.5 Å². The fraction of sp³-hybridized carbons (Fsp3) is 0.571. The summed E-state index contributed by atoms with van der Waals surface area (Å²) in [4.78, 5) is 40.1. The van der Waals surface area contributed by atoms with Gasteiger partial charge in [-0.1, -0.05) is 30.3 Å². The summed E-state index contributed by atoms with van der Waals surface area (Å²) < 4.78 is 10.6. The van der Waals surface area contributed by atoms with Crippen molar-refractivity contribution in [2.45, 2.75) is 64.3 Å². The Balaban J connectivity index is 1.40. The molecule has 28 heavy (non-hydrogen) atoms. The van der Waals surface area contributed by atoms with Crippen LogP contribution in [0.15, 0.2) is 30.3 Å². The molecule has 1 aromatic carbocycles. The Morgan fingerprint density at radius 2 is 1.68 bits per heavy atom. The fourth-order valence-electron chi connectivity index (χ4n) is 3.60. The first-order chi connectivity index (χ1) is 13.2. The third-order valence-electron chi connectivity index (χ3n) is 4.94. The number of amides is 2. The molecule has 1 aromatic rings. The summed E-state index contributed by atoms with van der Waals surface area (Å²) in [6.45, 7) is 6.72. The number of rotatable bonds is 5. The highest BCUT2D eigenvalue weighted by Gasteiger charge is 2.49. The zero-order chi connectivity index (χ0) is 20.3. The molecule has 152 valence electrons. The van der Waals surface area contributed by atoms with Gasteiger partial charge in [-0.2, -0.15) is 0 Å². The summed E-state index contributed by atoms with van der Waals surface area (Å²) in [5, 5.41) is 0. The van der Waals surface area contributed by atoms with Gasteiger partial charge in [0.2, 0.25) is 5.91 Å². The quantitative estimate of drug-likeness (QED) is 0.725. The van der Waals surface area contributed by atoms with E-state index in [1.165, 1.54) is 0 Å². The van der Waals surface area contributed by atoms with Gasteiger partial charge in [-0.05, 0) is 32.8 Å². The van der Waals surface area contributed by atoms with Crippen molar-refractivity contribution in [3.63, 3.8) is 0 Å². The van der Waals surface area contributed by atoms with Gasteiger partial charge in [0, 0.05) is 19.5 Å². The lowest BCUT2D eigenvalue weighted by Crippen LogP contribution is -2.71. The molecule has 0 aromatic heterocycles. The van der Waals surface area contributed by atoms with Gasteiger partial charge in [-0.25, -0.2) is 4.79 Å². The third kappa shape index (κ3) is 5.03. The standard InChI is InChI=1S/C21H28N2O5/c1-21(2,3)28-20(26)23-16-11-17(23)13-22(12-16)18(24)9-10-19(25)27-14-15-7-5-4-6-8-15/h4-8,16-17H,9-14H2,1-3H3. The molecule has 3 aliphatic heterocycles. The van der Waals surface area contributed by atoms with E-state index in [4.69, 9.17) is 9.47 Å². The number of carbonyl (C=O) groups is 3. The maximum Gasteiger partial charge on any atom is 0.410 e. The lowest BCUT2D eigenvalue weighted by Gasteiger charge is -2.55. The lowest BCUT2D eigenvalue weighted by atomic mass is 9.88. The molecule has 3 aliphatic rings. The summed E-state index contributed by atoms with van der Waals surface area (Å²) in [6, 6.07) is 9.44. The molecule has 7 nitrogen and oxygen atoms in total. The molecular formula is C21H28N2O5. The van der Waals surface area contributed by atoms with Gasteiger partial charge in [0.15, 0.2) is 0 Å². The second-order valence-electron chi connectivity index (χ2n) is 8.38. The molecule has 3 heterocycles. The molecule has 2 atom stereocenters. The highest BCUT2D eigenvalue weighted by Crippen LogP contribution is 2.34. The first-order valence-electron chi connectivity index (χ1n) is 9.71. The number of ether oxygens (including phenoxy) is 2. The van der Waals surface area contributed by atoms with Crippen LogP contribution in [-0.2, 0) is 25.7 Å². The van der Waals surface area contributed by atoms with Gasteiger partial charge in [0.1, 0.15) is 12.2 Å². The Bertz CT molecular complexity index is 716. The van der Waals surface area contributed by atoms with E-state index >= 15 is 0 Å². The number of esters is 1. The number of nitrogens with zero attached hydrogens (tertiary/aromatic N) is 2. The Morgan fingerprint density at radius 3 is 2.29 bits per heavy atom. The van der Waals surface area contributed by atoms with E-state index in [-0.39, 0.29) is 49.5 Å². The summed E-state index contributed by atoms with van der Waals surface area (Å²) in [7, 11) is 0. The number of benzene rings is 1. The number of piperidine rings is 1. The lowest BCUT2D eigenvalue weighted by molar-refractivity contribution is -0.150. The molecule has 3 saturated heterocycles. The van der Waals surface area contributed by atoms with Crippen LogP contribution in [0.4, 0.5) is 4.79 Å². The van der Waals surface area contributed by atoms with Crippen LogP contribution >= 0.6 is 0 Å². The largest absolute Gasteiger partial charge is 0.461 e. The summed E-state index contributed by atoms with van der Waals surface area (Å²) in [5.41, 5.74) is 0.386. The molecule has 2 amide bonds. The second-order valence-corrected chi connectivity index (χ2v) is 8.38. The van der Waals surface area contributed by atoms with Crippen LogP contribution in [0.2, 0.25) is 0 Å². The summed E-state index contributed by atoms with van der Waals surface area (Å²) in [5.74, 6) is -0.454. The minimum atomic E-state index is -0.531. The molecule has 0 radical (unpaired) electrons. The van der Waals surface area contributed by atoms with Gasteiger partial charge in [-0.15, -0.1) is 0 Å². The van der Waals surface area contributed by atoms with Crippen molar-refractivity contribution >= 4 is 18.0 Å². The predicted molar refractivity (Wildman–Crippen MR) is 102 cm³/mol. The molecular weight excluding hydrogens is 360 g/mol. The van der Waals surface area contributed by atoms with E-state index in [1.807, 2.05) is 51.1 Å². The third-order valence-corrected chi connectivity index (χ3v) is 4.94. The van der Waals surface area contributed by atoms with E-state index < -0.39 is 5.60 Å². The molecule has 0 N–H and O–H groups in total. The molecule has 0 spiro atoms. The highest BCUT2D eigenvalue weighted by molar-refractivity contribution is 5.82. The smallest absolute Gasteiger partial charge is 0.410 e. The average molecular weight is 388 g/mol. The van der Waals surface area contributed by atoms with Crippen LogP contribution in [0.3, 0.4) is 0 Å². The van der Waals surface area contributed by atoms with Gasteiger partial charge >= 0.3 is 12.1 Å². The van der Waals surface area contributed by atoms with Crippen LogP contribution in [0, 0.1) is 0 Å². The zero-order valence-corrected chi connectivity index (χ0v) is 16.7.